The summed E-state index contributed by atoms with van der Waals surface area (Å²) in [5.41, 5.74) is 10.3. The Morgan fingerprint density at radius 1 is 0.941 bits per heavy atom. The molecule has 8 heteroatoms. The number of halogens is 1. The van der Waals surface area contributed by atoms with E-state index in [1.165, 1.54) is 0 Å². The summed E-state index contributed by atoms with van der Waals surface area (Å²) in [6.07, 6.45) is 0. The fraction of sp³-hybridized carbons (Fsp3) is 0.192. The molecule has 4 aromatic rings. The van der Waals surface area contributed by atoms with E-state index < -0.39 is 0 Å². The largest absolute Gasteiger partial charge is 0.368 e. The van der Waals surface area contributed by atoms with Gasteiger partial charge in [0.1, 0.15) is 5.82 Å². The maximum atomic E-state index is 13.1. The highest BCUT2D eigenvalue weighted by atomic mass is 79.9. The van der Waals surface area contributed by atoms with Gasteiger partial charge in [-0.2, -0.15) is 4.98 Å². The van der Waals surface area contributed by atoms with Crippen molar-refractivity contribution < 1.29 is 4.79 Å². The highest BCUT2D eigenvalue weighted by molar-refractivity contribution is 9.10. The Morgan fingerprint density at radius 2 is 1.71 bits per heavy atom. The average molecular weight is 517 g/mol. The van der Waals surface area contributed by atoms with E-state index in [1.54, 1.807) is 0 Å². The molecule has 2 heterocycles. The second-order valence-electron chi connectivity index (χ2n) is 8.47. The topological polar surface area (TPSA) is 87.4 Å². The first kappa shape index (κ1) is 22.3. The summed E-state index contributed by atoms with van der Waals surface area (Å²) >= 11 is 3.50. The summed E-state index contributed by atoms with van der Waals surface area (Å²) < 4.78 is 0.964. The third kappa shape index (κ3) is 4.73. The molecule has 34 heavy (non-hydrogen) atoms. The number of piperazine rings is 1. The van der Waals surface area contributed by atoms with E-state index in [0.29, 0.717) is 11.4 Å². The van der Waals surface area contributed by atoms with Crippen molar-refractivity contribution in [3.8, 4) is 11.1 Å². The van der Waals surface area contributed by atoms with Crippen molar-refractivity contribution in [1.82, 2.24) is 19.8 Å². The van der Waals surface area contributed by atoms with Gasteiger partial charge < -0.3 is 20.9 Å². The maximum absolute atomic E-state index is 13.1. The molecule has 0 unspecified atom stereocenters. The first-order chi connectivity index (χ1) is 16.5. The molecule has 1 amide bonds. The lowest BCUT2D eigenvalue weighted by Crippen LogP contribution is -2.47. The van der Waals surface area contributed by atoms with Gasteiger partial charge in [0, 0.05) is 47.3 Å². The molecule has 1 aliphatic heterocycles. The van der Waals surface area contributed by atoms with Gasteiger partial charge in [-0.15, -0.1) is 0 Å². The van der Waals surface area contributed by atoms with Crippen molar-refractivity contribution in [2.24, 2.45) is 0 Å². The minimum absolute atomic E-state index is 0.0730. The number of nitrogens with one attached hydrogen (secondary N) is 1. The second kappa shape index (κ2) is 9.40. The van der Waals surface area contributed by atoms with Crippen LogP contribution in [0.3, 0.4) is 0 Å². The molecule has 0 bridgehead atoms. The minimum Gasteiger partial charge on any atom is -0.368 e. The van der Waals surface area contributed by atoms with E-state index in [2.05, 4.69) is 43.2 Å². The van der Waals surface area contributed by atoms with Crippen LogP contribution in [0, 0.1) is 0 Å². The molecule has 1 fully saturated rings. The molecular weight excluding hydrogens is 492 g/mol. The quantitative estimate of drug-likeness (QED) is 0.406. The summed E-state index contributed by atoms with van der Waals surface area (Å²) in [6.45, 7) is 3.29. The molecule has 0 radical (unpaired) electrons. The van der Waals surface area contributed by atoms with Crippen molar-refractivity contribution >= 4 is 50.2 Å². The molecule has 0 spiro atoms. The van der Waals surface area contributed by atoms with E-state index in [-0.39, 0.29) is 11.9 Å². The number of hydrogen-bond donors (Lipinski definition) is 2. The van der Waals surface area contributed by atoms with Crippen LogP contribution in [0.1, 0.15) is 10.4 Å². The minimum atomic E-state index is 0.0730. The fourth-order valence-electron chi connectivity index (χ4n) is 4.15. The van der Waals surface area contributed by atoms with Crippen molar-refractivity contribution in [2.75, 3.05) is 44.3 Å². The number of nitrogens with zero attached hydrogens (tertiary/aromatic N) is 4. The SMILES string of the molecule is CN1CCN(C(=O)c2cccc(-c3ccc4nc(N)nc(Nc5cccc(Br)c5)c4c3)c2)CC1. The van der Waals surface area contributed by atoms with Gasteiger partial charge in [0.05, 0.1) is 5.52 Å². The Morgan fingerprint density at radius 3 is 2.50 bits per heavy atom. The van der Waals surface area contributed by atoms with Crippen molar-refractivity contribution in [2.45, 2.75) is 0 Å². The lowest BCUT2D eigenvalue weighted by molar-refractivity contribution is 0.0664. The van der Waals surface area contributed by atoms with Gasteiger partial charge >= 0.3 is 0 Å². The van der Waals surface area contributed by atoms with E-state index in [0.717, 1.165) is 58.4 Å². The highest BCUT2D eigenvalue weighted by Crippen LogP contribution is 2.30. The molecule has 7 nitrogen and oxygen atoms in total. The summed E-state index contributed by atoms with van der Waals surface area (Å²) in [4.78, 5) is 26.1. The predicted molar refractivity (Wildman–Crippen MR) is 140 cm³/mol. The summed E-state index contributed by atoms with van der Waals surface area (Å²) in [7, 11) is 2.08. The Balaban J connectivity index is 1.49. The van der Waals surface area contributed by atoms with Crippen LogP contribution in [0.2, 0.25) is 0 Å². The Kier molecular flexibility index (Phi) is 6.17. The zero-order chi connectivity index (χ0) is 23.7. The molecule has 5 rings (SSSR count). The Bertz CT molecular complexity index is 1370. The van der Waals surface area contributed by atoms with Crippen LogP contribution in [-0.4, -0.2) is 58.9 Å². The van der Waals surface area contributed by atoms with E-state index in [4.69, 9.17) is 5.73 Å². The molecule has 0 atom stereocenters. The smallest absolute Gasteiger partial charge is 0.253 e. The second-order valence-corrected chi connectivity index (χ2v) is 9.39. The number of fused-ring (bicyclic) bond motifs is 1. The summed E-state index contributed by atoms with van der Waals surface area (Å²) in [5, 5.41) is 4.21. The van der Waals surface area contributed by atoms with Gasteiger partial charge in [0.25, 0.3) is 5.91 Å². The monoisotopic (exact) mass is 516 g/mol. The molecule has 1 aliphatic rings. The number of hydrogen-bond acceptors (Lipinski definition) is 6. The molecular formula is C26H25BrN6O. The molecule has 0 saturated carbocycles. The lowest BCUT2D eigenvalue weighted by atomic mass is 10.0. The number of rotatable bonds is 4. The van der Waals surface area contributed by atoms with Crippen LogP contribution in [-0.2, 0) is 0 Å². The fourth-order valence-corrected chi connectivity index (χ4v) is 4.55. The molecule has 172 valence electrons. The average Bonchev–Trinajstić information content (AvgIpc) is 2.84. The van der Waals surface area contributed by atoms with Crippen LogP contribution in [0.4, 0.5) is 17.5 Å². The van der Waals surface area contributed by atoms with Crippen LogP contribution >= 0.6 is 15.9 Å². The number of nitrogens with two attached hydrogens (primary N) is 1. The number of amides is 1. The van der Waals surface area contributed by atoms with E-state index in [1.807, 2.05) is 71.6 Å². The first-order valence-electron chi connectivity index (χ1n) is 11.1. The van der Waals surface area contributed by atoms with E-state index in [9.17, 15) is 4.79 Å². The standard InChI is InChI=1S/C26H25BrN6O/c1-32-10-12-33(13-11-32)25(34)19-5-2-4-17(14-19)18-8-9-23-22(15-18)24(31-26(28)30-23)29-21-7-3-6-20(27)16-21/h2-9,14-16H,10-13H2,1H3,(H3,28,29,30,31). The van der Waals surface area contributed by atoms with Gasteiger partial charge in [-0.3, -0.25) is 4.79 Å². The number of aromatic nitrogens is 2. The van der Waals surface area contributed by atoms with Gasteiger partial charge in [0.2, 0.25) is 5.95 Å². The number of nitrogen functional groups attached to an aromatic ring is 1. The van der Waals surface area contributed by atoms with Gasteiger partial charge in [0.15, 0.2) is 0 Å². The van der Waals surface area contributed by atoms with Crippen LogP contribution in [0.25, 0.3) is 22.0 Å². The van der Waals surface area contributed by atoms with Crippen molar-refractivity contribution in [3.05, 3.63) is 76.8 Å². The lowest BCUT2D eigenvalue weighted by Gasteiger charge is -2.32. The predicted octanol–water partition coefficient (Wildman–Crippen LogP) is 4.77. The van der Waals surface area contributed by atoms with Crippen LogP contribution < -0.4 is 11.1 Å². The van der Waals surface area contributed by atoms with Crippen molar-refractivity contribution in [1.29, 1.82) is 0 Å². The molecule has 1 saturated heterocycles. The van der Waals surface area contributed by atoms with Crippen LogP contribution in [0.5, 0.6) is 0 Å². The van der Waals surface area contributed by atoms with Crippen molar-refractivity contribution in [3.63, 3.8) is 0 Å². The number of carbonyl (C=O) groups excluding carboxylic acids is 1. The number of likely N-dealkylation sites (N-methyl/N-ethyl adjacent to an activating group) is 1. The molecule has 1 aromatic heterocycles. The maximum Gasteiger partial charge on any atom is 0.253 e. The molecule has 3 aromatic carbocycles. The summed E-state index contributed by atoms with van der Waals surface area (Å²) in [5.74, 6) is 0.911. The first-order valence-corrected chi connectivity index (χ1v) is 11.9. The zero-order valence-electron chi connectivity index (χ0n) is 18.8. The molecule has 0 aliphatic carbocycles. The highest BCUT2D eigenvalue weighted by Gasteiger charge is 2.20. The Hall–Kier alpha value is -3.49. The van der Waals surface area contributed by atoms with Gasteiger partial charge in [-0.1, -0.05) is 40.2 Å². The van der Waals surface area contributed by atoms with Crippen LogP contribution in [0.15, 0.2) is 71.2 Å². The van der Waals surface area contributed by atoms with Gasteiger partial charge in [-0.05, 0) is 60.6 Å². The molecule has 3 N–H and O–H groups in total. The third-order valence-electron chi connectivity index (χ3n) is 6.03. The number of carbonyl (C=O) groups is 1. The Labute approximate surface area is 206 Å². The normalized spacial score (nSPS) is 14.4. The number of benzene rings is 3. The zero-order valence-corrected chi connectivity index (χ0v) is 20.4. The van der Waals surface area contributed by atoms with Gasteiger partial charge in [-0.25, -0.2) is 4.98 Å². The van der Waals surface area contributed by atoms with E-state index >= 15 is 0 Å². The third-order valence-corrected chi connectivity index (χ3v) is 6.53. The summed E-state index contributed by atoms with van der Waals surface area (Å²) in [6, 6.07) is 21.6. The number of anilines is 3.